The van der Waals surface area contributed by atoms with Gasteiger partial charge in [0.2, 0.25) is 0 Å². The second-order valence-corrected chi connectivity index (χ2v) is 6.39. The molecule has 2 aromatic carbocycles. The SMILES string of the molecule is COc1cccc2sc(=NC(=O)c3ccc([N+](=O)[O-])cc3[N+](=O)[O-])n(C)c12. The fourth-order valence-electron chi connectivity index (χ4n) is 2.55. The molecule has 3 aromatic rings. The molecule has 0 atom stereocenters. The Bertz CT molecular complexity index is 1160. The summed E-state index contributed by atoms with van der Waals surface area (Å²) in [6.45, 7) is 0. The maximum atomic E-state index is 12.5. The lowest BCUT2D eigenvalue weighted by Gasteiger charge is -2.03. The molecule has 138 valence electrons. The number of carbonyl (C=O) groups excluding carboxylic acids is 1. The van der Waals surface area contributed by atoms with Crippen molar-refractivity contribution in [3.05, 3.63) is 67.0 Å². The van der Waals surface area contributed by atoms with Crippen LogP contribution in [0.1, 0.15) is 10.4 Å². The third-order valence-electron chi connectivity index (χ3n) is 3.82. The van der Waals surface area contributed by atoms with E-state index in [0.29, 0.717) is 10.6 Å². The number of thiazole rings is 1. The number of rotatable bonds is 4. The van der Waals surface area contributed by atoms with Crippen LogP contribution in [0.2, 0.25) is 0 Å². The van der Waals surface area contributed by atoms with E-state index >= 15 is 0 Å². The van der Waals surface area contributed by atoms with Crippen LogP contribution in [0.15, 0.2) is 41.4 Å². The summed E-state index contributed by atoms with van der Waals surface area (Å²) in [6.07, 6.45) is 0. The molecule has 10 nitrogen and oxygen atoms in total. The summed E-state index contributed by atoms with van der Waals surface area (Å²) in [6, 6.07) is 8.21. The lowest BCUT2D eigenvalue weighted by atomic mass is 10.1. The van der Waals surface area contributed by atoms with Crippen molar-refractivity contribution in [2.24, 2.45) is 12.0 Å². The molecule has 3 rings (SSSR count). The molecule has 11 heteroatoms. The minimum absolute atomic E-state index is 0.312. The third-order valence-corrected chi connectivity index (χ3v) is 4.92. The highest BCUT2D eigenvalue weighted by Crippen LogP contribution is 2.27. The van der Waals surface area contributed by atoms with Gasteiger partial charge in [-0.15, -0.1) is 0 Å². The second-order valence-electron chi connectivity index (χ2n) is 5.38. The van der Waals surface area contributed by atoms with Gasteiger partial charge in [-0.2, -0.15) is 4.99 Å². The number of benzene rings is 2. The molecule has 27 heavy (non-hydrogen) atoms. The first-order valence-corrected chi connectivity index (χ1v) is 8.29. The van der Waals surface area contributed by atoms with Crippen molar-refractivity contribution in [1.29, 1.82) is 0 Å². The van der Waals surface area contributed by atoms with Crippen LogP contribution in [0.25, 0.3) is 10.2 Å². The fourth-order valence-corrected chi connectivity index (χ4v) is 3.59. The molecule has 1 heterocycles. The molecule has 0 N–H and O–H groups in total. The molecule has 0 unspecified atom stereocenters. The average Bonchev–Trinajstić information content (AvgIpc) is 2.96. The molecule has 0 aliphatic heterocycles. The maximum Gasteiger partial charge on any atom is 0.289 e. The quantitative estimate of drug-likeness (QED) is 0.499. The summed E-state index contributed by atoms with van der Waals surface area (Å²) < 4.78 is 7.77. The number of nitro groups is 2. The van der Waals surface area contributed by atoms with E-state index in [4.69, 9.17) is 4.74 Å². The molecular formula is C16H12N4O6S. The minimum Gasteiger partial charge on any atom is -0.495 e. The zero-order valence-electron chi connectivity index (χ0n) is 14.1. The molecule has 1 amide bonds. The maximum absolute atomic E-state index is 12.5. The number of aromatic nitrogens is 1. The highest BCUT2D eigenvalue weighted by Gasteiger charge is 2.24. The van der Waals surface area contributed by atoms with Crippen molar-refractivity contribution in [3.63, 3.8) is 0 Å². The molecule has 0 aliphatic rings. The van der Waals surface area contributed by atoms with Crippen molar-refractivity contribution in [1.82, 2.24) is 4.57 Å². The van der Waals surface area contributed by atoms with E-state index in [1.54, 1.807) is 23.7 Å². The summed E-state index contributed by atoms with van der Waals surface area (Å²) in [5.41, 5.74) is -0.737. The number of amides is 1. The van der Waals surface area contributed by atoms with E-state index < -0.39 is 27.1 Å². The summed E-state index contributed by atoms with van der Waals surface area (Å²) in [5, 5.41) is 22.0. The van der Waals surface area contributed by atoms with Crippen molar-refractivity contribution in [3.8, 4) is 5.75 Å². The van der Waals surface area contributed by atoms with E-state index in [9.17, 15) is 25.0 Å². The monoisotopic (exact) mass is 388 g/mol. The summed E-state index contributed by atoms with van der Waals surface area (Å²) in [7, 11) is 3.21. The van der Waals surface area contributed by atoms with Gasteiger partial charge in [0, 0.05) is 13.1 Å². The van der Waals surface area contributed by atoms with Crippen LogP contribution >= 0.6 is 11.3 Å². The molecule has 0 saturated heterocycles. The van der Waals surface area contributed by atoms with Crippen LogP contribution in [0.3, 0.4) is 0 Å². The van der Waals surface area contributed by atoms with Crippen LogP contribution in [0, 0.1) is 20.2 Å². The molecule has 0 saturated carbocycles. The predicted molar refractivity (Wildman–Crippen MR) is 97.0 cm³/mol. The van der Waals surface area contributed by atoms with Crippen molar-refractivity contribution in [2.45, 2.75) is 0 Å². The Balaban J connectivity index is 2.15. The summed E-state index contributed by atoms with van der Waals surface area (Å²) >= 11 is 1.22. The molecule has 0 radical (unpaired) electrons. The standard InChI is InChI=1S/C16H12N4O6S/c1-18-14-12(26-2)4-3-5-13(14)27-16(18)17-15(21)10-7-6-9(19(22)23)8-11(10)20(24)25/h3-8H,1-2H3. The van der Waals surface area contributed by atoms with Crippen LogP contribution < -0.4 is 9.54 Å². The first kappa shape index (κ1) is 18.2. The van der Waals surface area contributed by atoms with Crippen LogP contribution in [0.5, 0.6) is 5.75 Å². The molecule has 0 aliphatic carbocycles. The smallest absolute Gasteiger partial charge is 0.289 e. The number of carbonyl (C=O) groups is 1. The van der Waals surface area contributed by atoms with E-state index in [1.807, 2.05) is 6.07 Å². The van der Waals surface area contributed by atoms with Crippen LogP contribution in [0.4, 0.5) is 11.4 Å². The van der Waals surface area contributed by atoms with Crippen LogP contribution in [-0.4, -0.2) is 27.4 Å². The number of methoxy groups -OCH3 is 1. The van der Waals surface area contributed by atoms with Gasteiger partial charge >= 0.3 is 0 Å². The number of non-ortho nitro benzene ring substituents is 1. The van der Waals surface area contributed by atoms with Gasteiger partial charge < -0.3 is 9.30 Å². The number of hydrogen-bond acceptors (Lipinski definition) is 7. The van der Waals surface area contributed by atoms with Crippen molar-refractivity contribution >= 4 is 38.8 Å². The number of nitro benzene ring substituents is 2. The first-order valence-electron chi connectivity index (χ1n) is 7.48. The van der Waals surface area contributed by atoms with E-state index in [0.717, 1.165) is 28.4 Å². The number of ether oxygens (including phenoxy) is 1. The lowest BCUT2D eigenvalue weighted by molar-refractivity contribution is -0.394. The molecule has 0 fully saturated rings. The number of hydrogen-bond donors (Lipinski definition) is 0. The molecule has 0 spiro atoms. The van der Waals surface area contributed by atoms with E-state index in [1.165, 1.54) is 18.4 Å². The molecule has 0 bridgehead atoms. The van der Waals surface area contributed by atoms with Gasteiger partial charge in [-0.3, -0.25) is 25.0 Å². The molecule has 1 aromatic heterocycles. The number of aryl methyl sites for hydroxylation is 1. The van der Waals surface area contributed by atoms with Crippen molar-refractivity contribution in [2.75, 3.05) is 7.11 Å². The lowest BCUT2D eigenvalue weighted by Crippen LogP contribution is -2.14. The van der Waals surface area contributed by atoms with E-state index in [-0.39, 0.29) is 5.56 Å². The van der Waals surface area contributed by atoms with Gasteiger partial charge in [0.05, 0.1) is 27.7 Å². The van der Waals surface area contributed by atoms with E-state index in [2.05, 4.69) is 4.99 Å². The Kier molecular flexibility index (Phi) is 4.69. The number of fused-ring (bicyclic) bond motifs is 1. The van der Waals surface area contributed by atoms with Crippen LogP contribution in [-0.2, 0) is 7.05 Å². The van der Waals surface area contributed by atoms with Gasteiger partial charge in [0.1, 0.15) is 16.8 Å². The second kappa shape index (κ2) is 6.96. The van der Waals surface area contributed by atoms with Gasteiger partial charge in [-0.1, -0.05) is 17.4 Å². The highest BCUT2D eigenvalue weighted by atomic mass is 32.1. The van der Waals surface area contributed by atoms with Gasteiger partial charge in [-0.05, 0) is 18.2 Å². The predicted octanol–water partition coefficient (Wildman–Crippen LogP) is 2.81. The largest absolute Gasteiger partial charge is 0.495 e. The van der Waals surface area contributed by atoms with Gasteiger partial charge in [0.15, 0.2) is 4.80 Å². The summed E-state index contributed by atoms with van der Waals surface area (Å²) in [4.78, 5) is 37.2. The zero-order chi connectivity index (χ0) is 19.7. The Labute approximate surface area is 155 Å². The zero-order valence-corrected chi connectivity index (χ0v) is 14.9. The van der Waals surface area contributed by atoms with Gasteiger partial charge in [0.25, 0.3) is 17.3 Å². The summed E-state index contributed by atoms with van der Waals surface area (Å²) in [5.74, 6) is -0.265. The minimum atomic E-state index is -0.863. The number of para-hydroxylation sites is 1. The Hall–Kier alpha value is -3.60. The Morgan fingerprint density at radius 2 is 1.93 bits per heavy atom. The average molecular weight is 388 g/mol. The fraction of sp³-hybridized carbons (Fsp3) is 0.125. The third kappa shape index (κ3) is 3.27. The Morgan fingerprint density at radius 1 is 1.19 bits per heavy atom. The highest BCUT2D eigenvalue weighted by molar-refractivity contribution is 7.16. The number of nitrogens with zero attached hydrogens (tertiary/aromatic N) is 4. The normalized spacial score (nSPS) is 11.6. The van der Waals surface area contributed by atoms with Crippen molar-refractivity contribution < 1.29 is 19.4 Å². The Morgan fingerprint density at radius 3 is 2.56 bits per heavy atom. The first-order chi connectivity index (χ1) is 12.8. The molecular weight excluding hydrogens is 376 g/mol. The van der Waals surface area contributed by atoms with Gasteiger partial charge in [-0.25, -0.2) is 0 Å². The topological polar surface area (TPSA) is 130 Å².